The minimum absolute atomic E-state index is 0.853. The van der Waals surface area contributed by atoms with Gasteiger partial charge in [-0.2, -0.15) is 0 Å². The summed E-state index contributed by atoms with van der Waals surface area (Å²) in [6, 6.07) is 0. The van der Waals surface area contributed by atoms with Crippen molar-refractivity contribution in [1.29, 1.82) is 0 Å². The van der Waals surface area contributed by atoms with Gasteiger partial charge in [-0.3, -0.25) is 0 Å². The van der Waals surface area contributed by atoms with Gasteiger partial charge in [-0.1, -0.05) is 6.08 Å². The molecule has 0 aromatic heterocycles. The van der Waals surface area contributed by atoms with E-state index in [9.17, 15) is 9.18 Å². The maximum atomic E-state index is 12.4. The van der Waals surface area contributed by atoms with E-state index in [0.717, 1.165) is 13.0 Å². The van der Waals surface area contributed by atoms with Crippen LogP contribution in [0.2, 0.25) is 0 Å². The molecule has 0 radical (unpaired) electrons. The molecule has 0 rings (SSSR count). The number of carbonyl (C=O) groups is 1. The van der Waals surface area contributed by atoms with Crippen LogP contribution in [-0.4, -0.2) is 28.0 Å². The van der Waals surface area contributed by atoms with Gasteiger partial charge in [0.05, 0.1) is 0 Å². The summed E-state index contributed by atoms with van der Waals surface area (Å²) in [5.74, 6) is -1.69. The van der Waals surface area contributed by atoms with Gasteiger partial charge in [-0.15, -0.1) is 6.58 Å². The summed E-state index contributed by atoms with van der Waals surface area (Å²) in [7, 11) is 0. The highest BCUT2D eigenvalue weighted by Crippen LogP contribution is 2.14. The number of carboxylic acid groups (broad SMARTS) is 1. The number of carboxylic acids is 1. The highest BCUT2D eigenvalue weighted by Gasteiger charge is 2.34. The third-order valence-corrected chi connectivity index (χ3v) is 1.14. The van der Waals surface area contributed by atoms with Crippen LogP contribution in [-0.2, 0) is 4.79 Å². The van der Waals surface area contributed by atoms with Crippen LogP contribution in [0, 0.1) is 0 Å². The van der Waals surface area contributed by atoms with Crippen molar-refractivity contribution in [2.45, 2.75) is 18.7 Å². The standard InChI is InChI=1S/C6H9FO3/c1-3-6(2,10)4(7)5(8)9/h3-4,10H,1H2,2H3,(H,8,9). The summed E-state index contributed by atoms with van der Waals surface area (Å²) in [4.78, 5) is 9.92. The number of rotatable bonds is 3. The van der Waals surface area contributed by atoms with Crippen LogP contribution in [0.1, 0.15) is 6.92 Å². The minimum Gasteiger partial charge on any atom is -0.479 e. The SMILES string of the molecule is C=CC(C)(O)C(F)C(=O)O. The largest absolute Gasteiger partial charge is 0.479 e. The summed E-state index contributed by atoms with van der Waals surface area (Å²) < 4.78 is 12.4. The average Bonchev–Trinajstić information content (AvgIpc) is 1.86. The molecule has 2 unspecified atom stereocenters. The van der Waals surface area contributed by atoms with E-state index in [1.165, 1.54) is 0 Å². The molecule has 58 valence electrons. The van der Waals surface area contributed by atoms with Gasteiger partial charge >= 0.3 is 5.97 Å². The van der Waals surface area contributed by atoms with Crippen LogP contribution in [0.4, 0.5) is 4.39 Å². The predicted octanol–water partition coefficient (Wildman–Crippen LogP) is 0.346. The lowest BCUT2D eigenvalue weighted by Crippen LogP contribution is -2.39. The van der Waals surface area contributed by atoms with Crippen molar-refractivity contribution in [3.8, 4) is 0 Å². The smallest absolute Gasteiger partial charge is 0.341 e. The first-order chi connectivity index (χ1) is 4.41. The van der Waals surface area contributed by atoms with Crippen LogP contribution in [0.15, 0.2) is 12.7 Å². The highest BCUT2D eigenvalue weighted by molar-refractivity contribution is 5.74. The Morgan fingerprint density at radius 3 is 2.40 bits per heavy atom. The van der Waals surface area contributed by atoms with Crippen LogP contribution < -0.4 is 0 Å². The molecule has 0 saturated carbocycles. The Kier molecular flexibility index (Phi) is 2.54. The second-order valence-corrected chi connectivity index (χ2v) is 2.13. The maximum Gasteiger partial charge on any atom is 0.341 e. The van der Waals surface area contributed by atoms with E-state index in [-0.39, 0.29) is 0 Å². The molecule has 0 saturated heterocycles. The van der Waals surface area contributed by atoms with Gasteiger partial charge in [-0.05, 0) is 6.92 Å². The molecule has 0 aliphatic rings. The van der Waals surface area contributed by atoms with Crippen LogP contribution in [0.25, 0.3) is 0 Å². The molecule has 10 heavy (non-hydrogen) atoms. The Bertz CT molecular complexity index is 153. The van der Waals surface area contributed by atoms with E-state index in [1.54, 1.807) is 0 Å². The Hall–Kier alpha value is -0.900. The molecule has 0 bridgehead atoms. The molecule has 0 aliphatic heterocycles. The number of hydrogen-bond donors (Lipinski definition) is 2. The Morgan fingerprint density at radius 1 is 1.90 bits per heavy atom. The molecule has 0 aromatic rings. The summed E-state index contributed by atoms with van der Waals surface area (Å²) in [5, 5.41) is 17.0. The molecule has 0 aromatic carbocycles. The fourth-order valence-corrected chi connectivity index (χ4v) is 0.353. The van der Waals surface area contributed by atoms with E-state index in [1.807, 2.05) is 0 Å². The van der Waals surface area contributed by atoms with E-state index in [0.29, 0.717) is 0 Å². The number of hydrogen-bond acceptors (Lipinski definition) is 2. The first-order valence-corrected chi connectivity index (χ1v) is 2.64. The lowest BCUT2D eigenvalue weighted by Gasteiger charge is -2.19. The lowest BCUT2D eigenvalue weighted by atomic mass is 10.0. The van der Waals surface area contributed by atoms with E-state index in [4.69, 9.17) is 10.2 Å². The van der Waals surface area contributed by atoms with Gasteiger partial charge in [0.15, 0.2) is 0 Å². The Labute approximate surface area is 57.8 Å². The number of alkyl halides is 1. The third-order valence-electron chi connectivity index (χ3n) is 1.14. The molecule has 0 spiro atoms. The molecule has 3 nitrogen and oxygen atoms in total. The van der Waals surface area contributed by atoms with E-state index >= 15 is 0 Å². The van der Waals surface area contributed by atoms with Crippen molar-refractivity contribution >= 4 is 5.97 Å². The van der Waals surface area contributed by atoms with Crippen molar-refractivity contribution in [1.82, 2.24) is 0 Å². The topological polar surface area (TPSA) is 57.5 Å². The monoisotopic (exact) mass is 148 g/mol. The van der Waals surface area contributed by atoms with Gasteiger partial charge in [0.25, 0.3) is 0 Å². The van der Waals surface area contributed by atoms with Crippen LogP contribution in [0.3, 0.4) is 0 Å². The summed E-state index contributed by atoms with van der Waals surface area (Å²) in [6.45, 7) is 4.12. The zero-order chi connectivity index (χ0) is 8.36. The first-order valence-electron chi connectivity index (χ1n) is 2.64. The van der Waals surface area contributed by atoms with Gasteiger partial charge in [0.2, 0.25) is 6.17 Å². The number of aliphatic carboxylic acids is 1. The Balaban J connectivity index is 4.31. The Morgan fingerprint density at radius 2 is 2.30 bits per heavy atom. The highest BCUT2D eigenvalue weighted by atomic mass is 19.1. The number of halogens is 1. The normalized spacial score (nSPS) is 19.1. The summed E-state index contributed by atoms with van der Waals surface area (Å²) >= 11 is 0. The van der Waals surface area contributed by atoms with Crippen LogP contribution >= 0.6 is 0 Å². The molecule has 2 atom stereocenters. The lowest BCUT2D eigenvalue weighted by molar-refractivity contribution is -0.149. The second kappa shape index (κ2) is 2.79. The van der Waals surface area contributed by atoms with Crippen molar-refractivity contribution in [3.05, 3.63) is 12.7 Å². The zero-order valence-electron chi connectivity index (χ0n) is 5.54. The molecule has 0 heterocycles. The summed E-state index contributed by atoms with van der Waals surface area (Å²) in [5.41, 5.74) is -1.98. The third kappa shape index (κ3) is 1.80. The van der Waals surface area contributed by atoms with Crippen molar-refractivity contribution in [2.24, 2.45) is 0 Å². The molecular weight excluding hydrogens is 139 g/mol. The molecule has 2 N–H and O–H groups in total. The van der Waals surface area contributed by atoms with Crippen LogP contribution in [0.5, 0.6) is 0 Å². The second-order valence-electron chi connectivity index (χ2n) is 2.13. The van der Waals surface area contributed by atoms with Gasteiger partial charge in [0, 0.05) is 0 Å². The quantitative estimate of drug-likeness (QED) is 0.567. The van der Waals surface area contributed by atoms with E-state index < -0.39 is 17.7 Å². The van der Waals surface area contributed by atoms with Gasteiger partial charge in [-0.25, -0.2) is 9.18 Å². The van der Waals surface area contributed by atoms with Crippen molar-refractivity contribution < 1.29 is 19.4 Å². The first kappa shape index (κ1) is 9.10. The predicted molar refractivity (Wildman–Crippen MR) is 33.4 cm³/mol. The average molecular weight is 148 g/mol. The summed E-state index contributed by atoms with van der Waals surface area (Å²) in [6.07, 6.45) is -1.46. The van der Waals surface area contributed by atoms with Crippen molar-refractivity contribution in [2.75, 3.05) is 0 Å². The zero-order valence-corrected chi connectivity index (χ0v) is 5.54. The molecule has 0 fully saturated rings. The molecule has 0 amide bonds. The van der Waals surface area contributed by atoms with E-state index in [2.05, 4.69) is 6.58 Å². The van der Waals surface area contributed by atoms with Gasteiger partial charge < -0.3 is 10.2 Å². The number of aliphatic hydroxyl groups is 1. The molecule has 0 aliphatic carbocycles. The fourth-order valence-electron chi connectivity index (χ4n) is 0.353. The molecular formula is C6H9FO3. The van der Waals surface area contributed by atoms with Gasteiger partial charge in [0.1, 0.15) is 5.60 Å². The minimum atomic E-state index is -2.31. The maximum absolute atomic E-state index is 12.4. The fraction of sp³-hybridized carbons (Fsp3) is 0.500. The molecule has 4 heteroatoms. The van der Waals surface area contributed by atoms with Crippen molar-refractivity contribution in [3.63, 3.8) is 0 Å².